The van der Waals surface area contributed by atoms with Gasteiger partial charge in [-0.25, -0.2) is 0 Å². The summed E-state index contributed by atoms with van der Waals surface area (Å²) in [6, 6.07) is 25.1. The number of allylic oxidation sites excluding steroid dienone is 1. The van der Waals surface area contributed by atoms with E-state index in [-0.39, 0.29) is 0 Å². The van der Waals surface area contributed by atoms with Gasteiger partial charge in [0.15, 0.2) is 0 Å². The van der Waals surface area contributed by atoms with E-state index in [4.69, 9.17) is 21.1 Å². The van der Waals surface area contributed by atoms with E-state index in [1.54, 1.807) is 0 Å². The average Bonchev–Trinajstić information content (AvgIpc) is 2.98. The zero-order valence-electron chi connectivity index (χ0n) is 24.4. The standard InChI is InChI=1S/C34H45ClN2O2/c1-6-33(27-11-17-30(35)18-12-27)34(28-13-19-31(20-14-28)38-25-23-36(7-2)8-3)29-15-21-32(22-16-29)39-26-24-37(9-4)10-5/h11-22H,6-10,23-26H2,1-5H3. The summed E-state index contributed by atoms with van der Waals surface area (Å²) in [4.78, 5) is 4.73. The van der Waals surface area contributed by atoms with Crippen LogP contribution in [0.5, 0.6) is 11.5 Å². The minimum atomic E-state index is 0.685. The molecule has 0 amide bonds. The van der Waals surface area contributed by atoms with E-state index in [0.717, 1.165) is 73.3 Å². The quantitative estimate of drug-likeness (QED) is 0.169. The highest BCUT2D eigenvalue weighted by Crippen LogP contribution is 2.36. The molecule has 39 heavy (non-hydrogen) atoms. The van der Waals surface area contributed by atoms with Gasteiger partial charge in [-0.3, -0.25) is 0 Å². The van der Waals surface area contributed by atoms with Gasteiger partial charge in [0.05, 0.1) is 0 Å². The molecular formula is C34H45ClN2O2. The van der Waals surface area contributed by atoms with Gasteiger partial charge in [-0.05, 0) is 96.8 Å². The Morgan fingerprint density at radius 3 is 1.31 bits per heavy atom. The molecule has 3 aromatic rings. The molecule has 0 aromatic heterocycles. The van der Waals surface area contributed by atoms with Crippen molar-refractivity contribution in [3.63, 3.8) is 0 Å². The smallest absolute Gasteiger partial charge is 0.119 e. The topological polar surface area (TPSA) is 24.9 Å². The van der Waals surface area contributed by atoms with E-state index in [1.807, 2.05) is 12.1 Å². The summed E-state index contributed by atoms with van der Waals surface area (Å²) in [5.74, 6) is 1.79. The minimum absolute atomic E-state index is 0.685. The first kappa shape index (κ1) is 30.7. The van der Waals surface area contributed by atoms with Crippen LogP contribution in [-0.4, -0.2) is 62.3 Å². The lowest BCUT2D eigenvalue weighted by atomic mass is 9.88. The molecule has 0 fully saturated rings. The van der Waals surface area contributed by atoms with Crippen LogP contribution in [0.25, 0.3) is 11.1 Å². The van der Waals surface area contributed by atoms with Crippen molar-refractivity contribution in [3.8, 4) is 11.5 Å². The lowest BCUT2D eigenvalue weighted by Gasteiger charge is -2.19. The highest BCUT2D eigenvalue weighted by molar-refractivity contribution is 6.30. The number of nitrogens with zero attached hydrogens (tertiary/aromatic N) is 2. The van der Waals surface area contributed by atoms with Crippen LogP contribution in [0.15, 0.2) is 72.8 Å². The van der Waals surface area contributed by atoms with E-state index in [0.29, 0.717) is 13.2 Å². The Labute approximate surface area is 241 Å². The van der Waals surface area contributed by atoms with Gasteiger partial charge in [0, 0.05) is 18.1 Å². The third-order valence-corrected chi connectivity index (χ3v) is 7.53. The molecule has 3 aromatic carbocycles. The molecule has 0 heterocycles. The molecule has 0 N–H and O–H groups in total. The third-order valence-electron chi connectivity index (χ3n) is 7.28. The monoisotopic (exact) mass is 548 g/mol. The number of hydrogen-bond acceptors (Lipinski definition) is 4. The van der Waals surface area contributed by atoms with E-state index in [9.17, 15) is 0 Å². The predicted octanol–water partition coefficient (Wildman–Crippen LogP) is 8.15. The molecule has 0 saturated heterocycles. The number of rotatable bonds is 16. The van der Waals surface area contributed by atoms with Gasteiger partial charge in [-0.1, -0.05) is 82.6 Å². The molecule has 0 radical (unpaired) electrons. The van der Waals surface area contributed by atoms with Crippen LogP contribution in [0.1, 0.15) is 57.7 Å². The highest BCUT2D eigenvalue weighted by atomic mass is 35.5. The fourth-order valence-corrected chi connectivity index (χ4v) is 4.92. The Bertz CT molecular complexity index is 1070. The van der Waals surface area contributed by atoms with Crippen LogP contribution < -0.4 is 9.47 Å². The second-order valence-corrected chi connectivity index (χ2v) is 9.95. The first-order chi connectivity index (χ1) is 19.0. The second-order valence-electron chi connectivity index (χ2n) is 9.51. The van der Waals surface area contributed by atoms with Crippen molar-refractivity contribution in [2.24, 2.45) is 0 Å². The van der Waals surface area contributed by atoms with Crippen molar-refractivity contribution in [1.82, 2.24) is 9.80 Å². The molecule has 0 spiro atoms. The predicted molar refractivity (Wildman–Crippen MR) is 167 cm³/mol. The SMILES string of the molecule is CCC(=C(c1ccc(OCCN(CC)CC)cc1)c1ccc(OCCN(CC)CC)cc1)c1ccc(Cl)cc1. The number of ether oxygens (including phenoxy) is 2. The summed E-state index contributed by atoms with van der Waals surface area (Å²) in [6.07, 6.45) is 0.890. The fraction of sp³-hybridized carbons (Fsp3) is 0.412. The molecular weight excluding hydrogens is 504 g/mol. The summed E-state index contributed by atoms with van der Waals surface area (Å²) in [7, 11) is 0. The van der Waals surface area contributed by atoms with E-state index < -0.39 is 0 Å². The van der Waals surface area contributed by atoms with Crippen molar-refractivity contribution >= 4 is 22.7 Å². The Hall–Kier alpha value is -2.79. The summed E-state index contributed by atoms with van der Waals surface area (Å²) < 4.78 is 12.1. The van der Waals surface area contributed by atoms with Gasteiger partial charge >= 0.3 is 0 Å². The summed E-state index contributed by atoms with van der Waals surface area (Å²) in [5.41, 5.74) is 5.98. The zero-order chi connectivity index (χ0) is 28.0. The number of halogens is 1. The van der Waals surface area contributed by atoms with E-state index >= 15 is 0 Å². The fourth-order valence-electron chi connectivity index (χ4n) is 4.79. The highest BCUT2D eigenvalue weighted by Gasteiger charge is 2.14. The largest absolute Gasteiger partial charge is 0.492 e. The number of benzene rings is 3. The van der Waals surface area contributed by atoms with Gasteiger partial charge in [0.25, 0.3) is 0 Å². The van der Waals surface area contributed by atoms with Crippen molar-refractivity contribution in [1.29, 1.82) is 0 Å². The molecule has 0 unspecified atom stereocenters. The summed E-state index contributed by atoms with van der Waals surface area (Å²) in [6.45, 7) is 18.3. The molecule has 0 bridgehead atoms. The van der Waals surface area contributed by atoms with Crippen molar-refractivity contribution in [2.45, 2.75) is 41.0 Å². The Morgan fingerprint density at radius 1 is 0.564 bits per heavy atom. The van der Waals surface area contributed by atoms with Crippen molar-refractivity contribution < 1.29 is 9.47 Å². The maximum Gasteiger partial charge on any atom is 0.119 e. The maximum absolute atomic E-state index is 6.22. The lowest BCUT2D eigenvalue weighted by Crippen LogP contribution is -2.27. The number of likely N-dealkylation sites (N-methyl/N-ethyl adjacent to an activating group) is 2. The third kappa shape index (κ3) is 9.13. The molecule has 0 atom stereocenters. The Balaban J connectivity index is 1.88. The molecule has 5 heteroatoms. The van der Waals surface area contributed by atoms with Crippen molar-refractivity contribution in [2.75, 3.05) is 52.5 Å². The minimum Gasteiger partial charge on any atom is -0.492 e. The van der Waals surface area contributed by atoms with Crippen LogP contribution in [-0.2, 0) is 0 Å². The molecule has 210 valence electrons. The first-order valence-corrected chi connectivity index (χ1v) is 14.8. The molecule has 0 aliphatic carbocycles. The van der Waals surface area contributed by atoms with Gasteiger partial charge in [-0.2, -0.15) is 0 Å². The van der Waals surface area contributed by atoms with Crippen LogP contribution in [0.2, 0.25) is 5.02 Å². The molecule has 4 nitrogen and oxygen atoms in total. The van der Waals surface area contributed by atoms with Gasteiger partial charge in [0.1, 0.15) is 24.7 Å². The lowest BCUT2D eigenvalue weighted by molar-refractivity contribution is 0.223. The Kier molecular flexibility index (Phi) is 12.9. The normalized spacial score (nSPS) is 11.2. The second kappa shape index (κ2) is 16.3. The van der Waals surface area contributed by atoms with Crippen LogP contribution >= 0.6 is 11.6 Å². The maximum atomic E-state index is 6.22. The van der Waals surface area contributed by atoms with Gasteiger partial charge in [-0.15, -0.1) is 0 Å². The molecule has 0 aliphatic rings. The number of hydrogen-bond donors (Lipinski definition) is 0. The zero-order valence-corrected chi connectivity index (χ0v) is 25.1. The van der Waals surface area contributed by atoms with E-state index in [2.05, 4.69) is 105 Å². The molecule has 3 rings (SSSR count). The first-order valence-electron chi connectivity index (χ1n) is 14.4. The summed E-state index contributed by atoms with van der Waals surface area (Å²) in [5, 5.41) is 0.744. The van der Waals surface area contributed by atoms with Gasteiger partial charge in [0.2, 0.25) is 0 Å². The Morgan fingerprint density at radius 2 is 0.949 bits per heavy atom. The van der Waals surface area contributed by atoms with Crippen LogP contribution in [0, 0.1) is 0 Å². The molecule has 0 aliphatic heterocycles. The average molecular weight is 549 g/mol. The molecule has 0 saturated carbocycles. The van der Waals surface area contributed by atoms with Crippen molar-refractivity contribution in [3.05, 3.63) is 94.5 Å². The van der Waals surface area contributed by atoms with Crippen LogP contribution in [0.3, 0.4) is 0 Å². The summed E-state index contributed by atoms with van der Waals surface area (Å²) >= 11 is 6.22. The van der Waals surface area contributed by atoms with E-state index in [1.165, 1.54) is 16.7 Å². The van der Waals surface area contributed by atoms with Crippen LogP contribution in [0.4, 0.5) is 0 Å². The van der Waals surface area contributed by atoms with Gasteiger partial charge < -0.3 is 19.3 Å².